The fourth-order valence-electron chi connectivity index (χ4n) is 3.91. The van der Waals surface area contributed by atoms with E-state index in [0.717, 1.165) is 30.0 Å². The van der Waals surface area contributed by atoms with Gasteiger partial charge in [0.1, 0.15) is 11.5 Å². The van der Waals surface area contributed by atoms with E-state index in [4.69, 9.17) is 14.0 Å². The summed E-state index contributed by atoms with van der Waals surface area (Å²) in [7, 11) is 3.35. The van der Waals surface area contributed by atoms with Crippen molar-refractivity contribution in [2.45, 2.75) is 38.3 Å². The summed E-state index contributed by atoms with van der Waals surface area (Å²) in [6.45, 7) is 1.68. The fourth-order valence-corrected chi connectivity index (χ4v) is 3.91. The summed E-state index contributed by atoms with van der Waals surface area (Å²) in [6.07, 6.45) is 4.80. The molecule has 0 amide bonds. The number of nitrogens with zero attached hydrogens (tertiary/aromatic N) is 3. The molecule has 0 bridgehead atoms. The second-order valence-corrected chi connectivity index (χ2v) is 7.35. The lowest BCUT2D eigenvalue weighted by molar-refractivity contribution is 0.168. The van der Waals surface area contributed by atoms with Gasteiger partial charge in [0.25, 0.3) is 0 Å². The van der Waals surface area contributed by atoms with E-state index in [9.17, 15) is 0 Å². The summed E-state index contributed by atoms with van der Waals surface area (Å²) < 4.78 is 16.1. The van der Waals surface area contributed by atoms with Crippen molar-refractivity contribution in [1.82, 2.24) is 15.0 Å². The normalized spacial score (nSPS) is 17.7. The van der Waals surface area contributed by atoms with Crippen molar-refractivity contribution in [2.75, 3.05) is 20.8 Å². The number of hydrogen-bond donors (Lipinski definition) is 0. The highest BCUT2D eigenvalue weighted by Crippen LogP contribution is 2.32. The Hall–Kier alpha value is -2.86. The van der Waals surface area contributed by atoms with Gasteiger partial charge in [-0.3, -0.25) is 4.90 Å². The minimum atomic E-state index is 0.347. The highest BCUT2D eigenvalue weighted by atomic mass is 16.5. The van der Waals surface area contributed by atoms with Gasteiger partial charge in [-0.1, -0.05) is 30.1 Å². The number of rotatable bonds is 6. The topological polar surface area (TPSA) is 60.6 Å². The molecule has 0 spiro atoms. The Morgan fingerprint density at radius 1 is 0.931 bits per heavy atom. The van der Waals surface area contributed by atoms with Crippen LogP contribution in [0.4, 0.5) is 0 Å². The Morgan fingerprint density at radius 2 is 1.62 bits per heavy atom. The van der Waals surface area contributed by atoms with Crippen molar-refractivity contribution in [3.63, 3.8) is 0 Å². The number of hydrogen-bond acceptors (Lipinski definition) is 6. The maximum Gasteiger partial charge on any atom is 0.241 e. The van der Waals surface area contributed by atoms with Gasteiger partial charge in [-0.15, -0.1) is 0 Å². The van der Waals surface area contributed by atoms with Crippen LogP contribution in [0.3, 0.4) is 0 Å². The quantitative estimate of drug-likeness (QED) is 0.595. The zero-order valence-corrected chi connectivity index (χ0v) is 17.0. The van der Waals surface area contributed by atoms with Crippen LogP contribution in [0.25, 0.3) is 11.4 Å². The second kappa shape index (κ2) is 9.09. The molecule has 0 aliphatic carbocycles. The van der Waals surface area contributed by atoms with Gasteiger partial charge in [-0.25, -0.2) is 0 Å². The van der Waals surface area contributed by atoms with Crippen LogP contribution >= 0.6 is 0 Å². The molecule has 0 N–H and O–H groups in total. The van der Waals surface area contributed by atoms with Crippen LogP contribution in [0.1, 0.15) is 43.2 Å². The average molecular weight is 393 g/mol. The monoisotopic (exact) mass is 393 g/mol. The number of methoxy groups -OCH3 is 2. The molecule has 2 heterocycles. The first kappa shape index (κ1) is 19.5. The zero-order chi connectivity index (χ0) is 20.1. The highest BCUT2D eigenvalue weighted by molar-refractivity contribution is 5.55. The van der Waals surface area contributed by atoms with E-state index in [-0.39, 0.29) is 0 Å². The van der Waals surface area contributed by atoms with Gasteiger partial charge >= 0.3 is 0 Å². The molecule has 1 aliphatic heterocycles. The standard InChI is InChI=1S/C23H27N3O3/c1-27-19-11-7-17(8-12-19)21-6-4-3-5-15-26(21)16-22-24-23(25-29-22)18-9-13-20(28-2)14-10-18/h7-14,21H,3-6,15-16H2,1-2H3. The third-order valence-electron chi connectivity index (χ3n) is 5.52. The molecule has 2 aromatic carbocycles. The Bertz CT molecular complexity index is 906. The first-order chi connectivity index (χ1) is 14.3. The molecule has 1 unspecified atom stereocenters. The molecule has 3 aromatic rings. The molecule has 1 aromatic heterocycles. The van der Waals surface area contributed by atoms with Gasteiger partial charge in [-0.05, 0) is 61.3 Å². The molecule has 1 fully saturated rings. The second-order valence-electron chi connectivity index (χ2n) is 7.35. The molecular weight excluding hydrogens is 366 g/mol. The van der Waals surface area contributed by atoms with Crippen LogP contribution in [0.2, 0.25) is 0 Å². The molecule has 1 aliphatic rings. The Labute approximate surface area is 171 Å². The van der Waals surface area contributed by atoms with E-state index in [2.05, 4.69) is 27.2 Å². The minimum absolute atomic E-state index is 0.347. The van der Waals surface area contributed by atoms with E-state index in [1.807, 2.05) is 36.4 Å². The molecule has 6 nitrogen and oxygen atoms in total. The van der Waals surface area contributed by atoms with Crippen LogP contribution < -0.4 is 9.47 Å². The lowest BCUT2D eigenvalue weighted by Crippen LogP contribution is -2.28. The predicted molar refractivity (Wildman–Crippen MR) is 111 cm³/mol. The lowest BCUT2D eigenvalue weighted by Gasteiger charge is -2.29. The van der Waals surface area contributed by atoms with Gasteiger partial charge in [0.15, 0.2) is 0 Å². The third-order valence-corrected chi connectivity index (χ3v) is 5.52. The molecule has 1 saturated heterocycles. The van der Waals surface area contributed by atoms with Crippen molar-refractivity contribution in [2.24, 2.45) is 0 Å². The van der Waals surface area contributed by atoms with E-state index in [1.165, 1.54) is 24.8 Å². The van der Waals surface area contributed by atoms with Crippen LogP contribution in [-0.2, 0) is 6.54 Å². The number of aromatic nitrogens is 2. The van der Waals surface area contributed by atoms with E-state index in [0.29, 0.717) is 24.3 Å². The van der Waals surface area contributed by atoms with Crippen LogP contribution in [0.15, 0.2) is 53.1 Å². The molecule has 152 valence electrons. The van der Waals surface area contributed by atoms with Crippen molar-refractivity contribution >= 4 is 0 Å². The summed E-state index contributed by atoms with van der Waals surface area (Å²) in [6, 6.07) is 16.4. The van der Waals surface area contributed by atoms with E-state index >= 15 is 0 Å². The maximum absolute atomic E-state index is 5.59. The molecule has 0 saturated carbocycles. The first-order valence-corrected chi connectivity index (χ1v) is 10.1. The number of likely N-dealkylation sites (tertiary alicyclic amines) is 1. The summed E-state index contributed by atoms with van der Waals surface area (Å²) >= 11 is 0. The van der Waals surface area contributed by atoms with Crippen LogP contribution in [0, 0.1) is 0 Å². The third kappa shape index (κ3) is 4.59. The van der Waals surface area contributed by atoms with Crippen molar-refractivity contribution in [1.29, 1.82) is 0 Å². The largest absolute Gasteiger partial charge is 0.497 e. The predicted octanol–water partition coefficient (Wildman–Crippen LogP) is 4.87. The highest BCUT2D eigenvalue weighted by Gasteiger charge is 2.24. The summed E-state index contributed by atoms with van der Waals surface area (Å²) in [5, 5.41) is 4.18. The molecule has 1 atom stereocenters. The van der Waals surface area contributed by atoms with E-state index in [1.54, 1.807) is 14.2 Å². The van der Waals surface area contributed by atoms with Gasteiger partial charge < -0.3 is 14.0 Å². The molecular formula is C23H27N3O3. The average Bonchev–Trinajstić information content (AvgIpc) is 3.12. The van der Waals surface area contributed by atoms with Crippen molar-refractivity contribution in [3.05, 3.63) is 60.0 Å². The summed E-state index contributed by atoms with van der Waals surface area (Å²) in [4.78, 5) is 7.09. The molecule has 29 heavy (non-hydrogen) atoms. The minimum Gasteiger partial charge on any atom is -0.497 e. The van der Waals surface area contributed by atoms with Gasteiger partial charge in [0, 0.05) is 11.6 Å². The fraction of sp³-hybridized carbons (Fsp3) is 0.391. The maximum atomic E-state index is 5.59. The molecule has 6 heteroatoms. The SMILES string of the molecule is COc1ccc(-c2noc(CN3CCCCCC3c3ccc(OC)cc3)n2)cc1. The summed E-state index contributed by atoms with van der Waals surface area (Å²) in [5.74, 6) is 2.95. The smallest absolute Gasteiger partial charge is 0.241 e. The van der Waals surface area contributed by atoms with Gasteiger partial charge in [0.2, 0.25) is 11.7 Å². The van der Waals surface area contributed by atoms with Gasteiger partial charge in [0.05, 0.1) is 20.8 Å². The lowest BCUT2D eigenvalue weighted by atomic mass is 10.0. The Kier molecular flexibility index (Phi) is 6.10. The Balaban J connectivity index is 1.51. The van der Waals surface area contributed by atoms with E-state index < -0.39 is 0 Å². The zero-order valence-electron chi connectivity index (χ0n) is 17.0. The Morgan fingerprint density at radius 3 is 2.31 bits per heavy atom. The van der Waals surface area contributed by atoms with Gasteiger partial charge in [-0.2, -0.15) is 4.98 Å². The van der Waals surface area contributed by atoms with Crippen LogP contribution in [-0.4, -0.2) is 35.8 Å². The summed E-state index contributed by atoms with van der Waals surface area (Å²) in [5.41, 5.74) is 2.23. The molecule has 4 rings (SSSR count). The van der Waals surface area contributed by atoms with Crippen LogP contribution in [0.5, 0.6) is 11.5 Å². The number of benzene rings is 2. The number of ether oxygens (including phenoxy) is 2. The first-order valence-electron chi connectivity index (χ1n) is 10.1. The van der Waals surface area contributed by atoms with Crippen molar-refractivity contribution in [3.8, 4) is 22.9 Å². The van der Waals surface area contributed by atoms with Crippen molar-refractivity contribution < 1.29 is 14.0 Å². The molecule has 0 radical (unpaired) electrons.